The van der Waals surface area contributed by atoms with Gasteiger partial charge in [-0.15, -0.1) is 0 Å². The van der Waals surface area contributed by atoms with Crippen LogP contribution in [0.3, 0.4) is 0 Å². The van der Waals surface area contributed by atoms with Crippen molar-refractivity contribution in [2.75, 3.05) is 0 Å². The van der Waals surface area contributed by atoms with Crippen molar-refractivity contribution in [1.82, 2.24) is 0 Å². The fourth-order valence-electron chi connectivity index (χ4n) is 11.3. The minimum atomic E-state index is -0.546. The van der Waals surface area contributed by atoms with E-state index in [0.717, 1.165) is 6.42 Å². The average Bonchev–Trinajstić information content (AvgIpc) is 4.00. The van der Waals surface area contributed by atoms with Crippen LogP contribution in [0.5, 0.6) is 0 Å². The Labute approximate surface area is 406 Å². The van der Waals surface area contributed by atoms with Gasteiger partial charge in [-0.05, 0) is 112 Å². The fourth-order valence-corrected chi connectivity index (χ4v) is 16.6. The zero-order valence-corrected chi connectivity index (χ0v) is 40.6. The number of rotatable bonds is 8. The summed E-state index contributed by atoms with van der Waals surface area (Å²) in [5, 5.41) is 12.8. The molecule has 0 saturated heterocycles. The lowest BCUT2D eigenvalue weighted by molar-refractivity contribution is 0.660. The first kappa shape index (κ1) is 41.7. The molecule has 0 aliphatic heterocycles. The monoisotopic (exact) mass is 916 g/mol. The van der Waals surface area contributed by atoms with Crippen LogP contribution in [-0.2, 0) is 5.41 Å². The van der Waals surface area contributed by atoms with Gasteiger partial charge in [0.05, 0.1) is 0 Å². The van der Waals surface area contributed by atoms with Gasteiger partial charge in [-0.1, -0.05) is 266 Å². The highest BCUT2D eigenvalue weighted by atomic mass is 31.1. The molecule has 2 heteroatoms. The Balaban J connectivity index is 0.706. The Morgan fingerprint density at radius 3 is 1.55 bits per heavy atom. The van der Waals surface area contributed by atoms with Gasteiger partial charge >= 0.3 is 0 Å². The molecule has 0 spiro atoms. The molecule has 2 aliphatic rings. The van der Waals surface area contributed by atoms with E-state index in [4.69, 9.17) is 0 Å². The quantitative estimate of drug-likeness (QED) is 0.133. The molecule has 2 aromatic heterocycles. The van der Waals surface area contributed by atoms with Gasteiger partial charge in [0.2, 0.25) is 0 Å². The van der Waals surface area contributed by atoms with Crippen LogP contribution in [-0.4, -0.2) is 0 Å². The third-order valence-electron chi connectivity index (χ3n) is 14.9. The number of benzene rings is 9. The van der Waals surface area contributed by atoms with Gasteiger partial charge in [0.15, 0.2) is 0 Å². The summed E-state index contributed by atoms with van der Waals surface area (Å²) in [5.74, 6) is 0.375. The van der Waals surface area contributed by atoms with Crippen molar-refractivity contribution < 1.29 is 0 Å². The van der Waals surface area contributed by atoms with Crippen LogP contribution in [0.4, 0.5) is 0 Å². The van der Waals surface area contributed by atoms with Crippen molar-refractivity contribution in [3.8, 4) is 32.9 Å². The minimum Gasteiger partial charge on any atom is -0.0776 e. The molecule has 0 bridgehead atoms. The molecule has 0 fully saturated rings. The van der Waals surface area contributed by atoms with E-state index in [1.54, 1.807) is 0 Å². The van der Waals surface area contributed by atoms with Crippen LogP contribution in [0.15, 0.2) is 212 Å². The lowest BCUT2D eigenvalue weighted by Gasteiger charge is -2.22. The second-order valence-corrected chi connectivity index (χ2v) is 23.6. The van der Waals surface area contributed by atoms with E-state index in [0.29, 0.717) is 5.92 Å². The smallest absolute Gasteiger partial charge is 0.0159 e. The van der Waals surface area contributed by atoms with Crippen molar-refractivity contribution >= 4 is 83.0 Å². The zero-order valence-electron chi connectivity index (χ0n) is 38.9. The molecule has 0 amide bonds. The number of hydrogen-bond acceptors (Lipinski definition) is 0. The zero-order chi connectivity index (χ0) is 46.1. The molecule has 13 rings (SSSR count). The Hall–Kier alpha value is -7.46. The van der Waals surface area contributed by atoms with Crippen molar-refractivity contribution in [1.29, 1.82) is 0 Å². The van der Waals surface area contributed by atoms with E-state index in [2.05, 4.69) is 263 Å². The largest absolute Gasteiger partial charge is 0.0776 e. The summed E-state index contributed by atoms with van der Waals surface area (Å²) >= 11 is 0. The van der Waals surface area contributed by atoms with Gasteiger partial charge < -0.3 is 0 Å². The molecule has 328 valence electrons. The van der Waals surface area contributed by atoms with E-state index < -0.39 is 15.1 Å². The molecule has 0 nitrogen and oxygen atoms in total. The van der Waals surface area contributed by atoms with Crippen LogP contribution in [0.1, 0.15) is 65.1 Å². The van der Waals surface area contributed by atoms with Crippen molar-refractivity contribution in [2.45, 2.75) is 31.6 Å². The summed E-state index contributed by atoms with van der Waals surface area (Å²) in [4.78, 5) is 1.53. The standard InChI is InChI=1S/C67H50P2/c1-67(2)61-41-47(23-21-45-25-31-49(32-26-45)51-35-39-65-59(43-51)57-17-9-11-19-63(57)68(65)53-13-5-3-6-14-53)29-37-55(61)56-38-30-48(42-62(56)67)24-22-46-27-33-50(34-28-46)52-36-40-66-60(44-52)58-18-10-12-20-64(58)69(66)54-15-7-4-8-16-54/h3-35,37-44,52H,36H2,1-2H3/b23-21+,24-22+. The summed E-state index contributed by atoms with van der Waals surface area (Å²) in [5.41, 5.74) is 14.1. The first-order valence-electron chi connectivity index (χ1n) is 24.3. The molecule has 0 saturated carbocycles. The van der Waals surface area contributed by atoms with Gasteiger partial charge in [-0.3, -0.25) is 0 Å². The molecule has 0 N–H and O–H groups in total. The van der Waals surface area contributed by atoms with E-state index in [9.17, 15) is 0 Å². The summed E-state index contributed by atoms with van der Waals surface area (Å²) in [6, 6.07) is 79.5. The summed E-state index contributed by atoms with van der Waals surface area (Å²) in [6.07, 6.45) is 15.2. The maximum atomic E-state index is 2.54. The molecule has 0 radical (unpaired) electrons. The fraction of sp³-hybridized carbons (Fsp3) is 0.0746. The Bertz CT molecular complexity index is 3970. The lowest BCUT2D eigenvalue weighted by atomic mass is 9.81. The Kier molecular flexibility index (Phi) is 10.2. The minimum absolute atomic E-state index is 0.106. The lowest BCUT2D eigenvalue weighted by Crippen LogP contribution is -2.24. The maximum Gasteiger partial charge on any atom is 0.0159 e. The second kappa shape index (κ2) is 16.9. The van der Waals surface area contributed by atoms with Crippen LogP contribution < -0.4 is 10.2 Å². The first-order chi connectivity index (χ1) is 33.9. The Morgan fingerprint density at radius 2 is 0.913 bits per heavy atom. The van der Waals surface area contributed by atoms with Gasteiger partial charge in [-0.2, -0.15) is 0 Å². The van der Waals surface area contributed by atoms with Crippen LogP contribution >= 0.6 is 15.1 Å². The van der Waals surface area contributed by atoms with Crippen molar-refractivity contribution in [2.24, 2.45) is 0 Å². The third-order valence-corrected chi connectivity index (χ3v) is 20.0. The average molecular weight is 917 g/mol. The predicted molar refractivity (Wildman–Crippen MR) is 303 cm³/mol. The molecule has 2 aliphatic carbocycles. The van der Waals surface area contributed by atoms with Crippen LogP contribution in [0.2, 0.25) is 0 Å². The molecular formula is C67H50P2. The van der Waals surface area contributed by atoms with Crippen molar-refractivity contribution in [3.05, 3.63) is 261 Å². The molecule has 9 aromatic carbocycles. The molecular weight excluding hydrogens is 867 g/mol. The highest BCUT2D eigenvalue weighted by molar-refractivity contribution is 7.68. The van der Waals surface area contributed by atoms with Gasteiger partial charge in [0, 0.05) is 31.6 Å². The highest BCUT2D eigenvalue weighted by Gasteiger charge is 2.35. The topological polar surface area (TPSA) is 0 Å². The number of fused-ring (bicyclic) bond motifs is 9. The molecule has 11 aromatic rings. The van der Waals surface area contributed by atoms with E-state index >= 15 is 0 Å². The van der Waals surface area contributed by atoms with Crippen LogP contribution in [0.25, 0.3) is 101 Å². The maximum absolute atomic E-state index is 2.54. The third kappa shape index (κ3) is 7.30. The highest BCUT2D eigenvalue weighted by Crippen LogP contribution is 2.55. The summed E-state index contributed by atoms with van der Waals surface area (Å²) < 4.78 is 0. The summed E-state index contributed by atoms with van der Waals surface area (Å²) in [7, 11) is -1.05. The predicted octanol–water partition coefficient (Wildman–Crippen LogP) is 18.2. The molecule has 2 heterocycles. The van der Waals surface area contributed by atoms with E-state index in [1.807, 2.05) is 0 Å². The normalized spacial score (nSPS) is 15.4. The molecule has 3 unspecified atom stereocenters. The van der Waals surface area contributed by atoms with Crippen LogP contribution in [0, 0.1) is 0 Å². The van der Waals surface area contributed by atoms with E-state index in [-0.39, 0.29) is 5.41 Å². The van der Waals surface area contributed by atoms with Crippen molar-refractivity contribution in [3.63, 3.8) is 0 Å². The van der Waals surface area contributed by atoms with Gasteiger partial charge in [0.1, 0.15) is 0 Å². The van der Waals surface area contributed by atoms with E-state index in [1.165, 1.54) is 113 Å². The molecule has 3 atom stereocenters. The number of hydrogen-bond donors (Lipinski definition) is 0. The molecule has 69 heavy (non-hydrogen) atoms. The first-order valence-corrected chi connectivity index (χ1v) is 26.9. The van der Waals surface area contributed by atoms with Gasteiger partial charge in [-0.25, -0.2) is 0 Å². The summed E-state index contributed by atoms with van der Waals surface area (Å²) in [6.45, 7) is 4.75. The second-order valence-electron chi connectivity index (χ2n) is 19.3. The Morgan fingerprint density at radius 1 is 0.420 bits per heavy atom. The SMILES string of the molecule is CC1(C)c2cc(/C=C/c3ccc(-c4ccc5c(c4)c4ccccc4p5-c4ccccc4)cc3)ccc2-c2ccc(/C=C/c3ccc(C4C=c5c(p(-c6ccccc6)c6ccccc56)=CC4)cc3)cc21. The van der Waals surface area contributed by atoms with Gasteiger partial charge in [0.25, 0.3) is 0 Å².